The van der Waals surface area contributed by atoms with E-state index in [1.54, 1.807) is 17.8 Å². The van der Waals surface area contributed by atoms with E-state index in [-0.39, 0.29) is 5.82 Å². The van der Waals surface area contributed by atoms with Gasteiger partial charge in [0.25, 0.3) is 0 Å². The maximum atomic E-state index is 11.0. The lowest BCUT2D eigenvalue weighted by molar-refractivity contribution is -0.392. The molecule has 0 fully saturated rings. The number of aromatic nitrogens is 4. The quantitative estimate of drug-likeness (QED) is 0.534. The standard InChI is InChI=1S/C14H13N5O2S/c1-17-10-16-12(19(20)21)13(17)22-14-15-7-8-18(14)9-11-5-3-2-4-6-11/h2-8,10H,9H2,1H3. The molecule has 0 N–H and O–H groups in total. The summed E-state index contributed by atoms with van der Waals surface area (Å²) in [5, 5.41) is 12.2. The Kier molecular flexibility index (Phi) is 3.92. The van der Waals surface area contributed by atoms with Crippen LogP contribution in [-0.2, 0) is 13.6 Å². The molecule has 1 aromatic carbocycles. The first-order chi connectivity index (χ1) is 10.6. The van der Waals surface area contributed by atoms with E-state index in [2.05, 4.69) is 9.97 Å². The zero-order valence-corrected chi connectivity index (χ0v) is 12.6. The maximum absolute atomic E-state index is 11.0. The van der Waals surface area contributed by atoms with Crippen molar-refractivity contribution in [2.45, 2.75) is 16.7 Å². The number of nitrogens with zero attached hydrogens (tertiary/aromatic N) is 5. The number of nitro groups is 1. The zero-order valence-electron chi connectivity index (χ0n) is 11.8. The first kappa shape index (κ1) is 14.3. The van der Waals surface area contributed by atoms with E-state index >= 15 is 0 Å². The summed E-state index contributed by atoms with van der Waals surface area (Å²) in [7, 11) is 1.73. The molecular formula is C14H13N5O2S. The SMILES string of the molecule is Cn1cnc([N+](=O)[O-])c1Sc1nccn1Cc1ccccc1. The number of rotatable bonds is 5. The maximum Gasteiger partial charge on any atom is 0.396 e. The minimum atomic E-state index is -0.479. The zero-order chi connectivity index (χ0) is 15.5. The first-order valence-electron chi connectivity index (χ1n) is 6.54. The van der Waals surface area contributed by atoms with Crippen molar-refractivity contribution >= 4 is 17.6 Å². The summed E-state index contributed by atoms with van der Waals surface area (Å²) in [5.41, 5.74) is 1.14. The number of benzene rings is 1. The van der Waals surface area contributed by atoms with Gasteiger partial charge in [0.2, 0.25) is 6.33 Å². The molecule has 2 aromatic heterocycles. The largest absolute Gasteiger partial charge is 0.396 e. The van der Waals surface area contributed by atoms with Gasteiger partial charge in [-0.05, 0) is 27.2 Å². The Morgan fingerprint density at radius 3 is 2.77 bits per heavy atom. The van der Waals surface area contributed by atoms with Gasteiger partial charge in [-0.25, -0.2) is 4.98 Å². The average molecular weight is 315 g/mol. The molecule has 22 heavy (non-hydrogen) atoms. The van der Waals surface area contributed by atoms with Crippen molar-refractivity contribution in [2.75, 3.05) is 0 Å². The predicted octanol–water partition coefficient (Wildman–Crippen LogP) is 2.72. The summed E-state index contributed by atoms with van der Waals surface area (Å²) in [4.78, 5) is 18.7. The minimum absolute atomic E-state index is 0.151. The molecule has 8 heteroatoms. The van der Waals surface area contributed by atoms with Gasteiger partial charge in [0.05, 0.1) is 0 Å². The van der Waals surface area contributed by atoms with Crippen molar-refractivity contribution < 1.29 is 4.92 Å². The van der Waals surface area contributed by atoms with Crippen LogP contribution in [0.5, 0.6) is 0 Å². The van der Waals surface area contributed by atoms with E-state index in [0.29, 0.717) is 16.7 Å². The van der Waals surface area contributed by atoms with Crippen LogP contribution < -0.4 is 0 Å². The molecule has 2 heterocycles. The molecular weight excluding hydrogens is 302 g/mol. The fourth-order valence-electron chi connectivity index (χ4n) is 2.04. The van der Waals surface area contributed by atoms with E-state index in [0.717, 1.165) is 5.56 Å². The van der Waals surface area contributed by atoms with Crippen molar-refractivity contribution in [1.29, 1.82) is 0 Å². The Morgan fingerprint density at radius 2 is 2.05 bits per heavy atom. The molecule has 0 aliphatic rings. The highest BCUT2D eigenvalue weighted by atomic mass is 32.2. The summed E-state index contributed by atoms with van der Waals surface area (Å²) in [5.74, 6) is -0.151. The third-order valence-electron chi connectivity index (χ3n) is 3.10. The summed E-state index contributed by atoms with van der Waals surface area (Å²) in [6, 6.07) is 9.98. The highest BCUT2D eigenvalue weighted by molar-refractivity contribution is 7.99. The number of imidazole rings is 2. The van der Waals surface area contributed by atoms with Crippen LogP contribution >= 0.6 is 11.8 Å². The minimum Gasteiger partial charge on any atom is -0.358 e. The highest BCUT2D eigenvalue weighted by Crippen LogP contribution is 2.32. The average Bonchev–Trinajstić information content (AvgIpc) is 3.09. The highest BCUT2D eigenvalue weighted by Gasteiger charge is 2.22. The van der Waals surface area contributed by atoms with Gasteiger partial charge in [0, 0.05) is 26.0 Å². The van der Waals surface area contributed by atoms with E-state index in [9.17, 15) is 10.1 Å². The van der Waals surface area contributed by atoms with Gasteiger partial charge >= 0.3 is 5.82 Å². The van der Waals surface area contributed by atoms with Crippen LogP contribution in [0.1, 0.15) is 5.56 Å². The molecule has 3 aromatic rings. The molecule has 0 spiro atoms. The van der Waals surface area contributed by atoms with Crippen LogP contribution in [0, 0.1) is 10.1 Å². The molecule has 0 saturated carbocycles. The van der Waals surface area contributed by atoms with Gasteiger partial charge in [-0.2, -0.15) is 0 Å². The number of aryl methyl sites for hydroxylation is 1. The van der Waals surface area contributed by atoms with Gasteiger partial charge < -0.3 is 19.2 Å². The van der Waals surface area contributed by atoms with Crippen LogP contribution in [-0.4, -0.2) is 24.0 Å². The van der Waals surface area contributed by atoms with Crippen molar-refractivity contribution in [3.63, 3.8) is 0 Å². The smallest absolute Gasteiger partial charge is 0.358 e. The monoisotopic (exact) mass is 315 g/mol. The first-order valence-corrected chi connectivity index (χ1v) is 7.35. The fraction of sp³-hybridized carbons (Fsp3) is 0.143. The van der Waals surface area contributed by atoms with Gasteiger partial charge in [-0.1, -0.05) is 30.3 Å². The van der Waals surface area contributed by atoms with Gasteiger partial charge in [-0.3, -0.25) is 0 Å². The number of hydrogen-bond donors (Lipinski definition) is 0. The Bertz CT molecular complexity index is 797. The van der Waals surface area contributed by atoms with E-state index in [1.165, 1.54) is 18.1 Å². The molecule has 3 rings (SSSR count). The summed E-state index contributed by atoms with van der Waals surface area (Å²) in [6.07, 6.45) is 4.98. The molecule has 0 bridgehead atoms. The third kappa shape index (κ3) is 2.86. The summed E-state index contributed by atoms with van der Waals surface area (Å²) < 4.78 is 3.58. The molecule has 0 amide bonds. The molecule has 0 saturated heterocycles. The molecule has 0 aliphatic carbocycles. The second kappa shape index (κ2) is 6.02. The lowest BCUT2D eigenvalue weighted by Crippen LogP contribution is -2.01. The summed E-state index contributed by atoms with van der Waals surface area (Å²) in [6.45, 7) is 0.662. The molecule has 7 nitrogen and oxygen atoms in total. The van der Waals surface area contributed by atoms with Crippen molar-refractivity contribution in [1.82, 2.24) is 19.1 Å². The Hall–Kier alpha value is -2.61. The Labute approximate surface area is 130 Å². The van der Waals surface area contributed by atoms with Crippen LogP contribution in [0.4, 0.5) is 5.82 Å². The molecule has 112 valence electrons. The van der Waals surface area contributed by atoms with Gasteiger partial charge in [0.15, 0.2) is 10.2 Å². The predicted molar refractivity (Wildman–Crippen MR) is 81.8 cm³/mol. The van der Waals surface area contributed by atoms with E-state index in [1.807, 2.05) is 41.1 Å². The van der Waals surface area contributed by atoms with E-state index < -0.39 is 4.92 Å². The third-order valence-corrected chi connectivity index (χ3v) is 4.29. The lowest BCUT2D eigenvalue weighted by Gasteiger charge is -2.07. The van der Waals surface area contributed by atoms with Gasteiger partial charge in [0.1, 0.15) is 0 Å². The molecule has 0 radical (unpaired) electrons. The molecule has 0 unspecified atom stereocenters. The summed E-state index contributed by atoms with van der Waals surface area (Å²) >= 11 is 1.24. The number of hydrogen-bond acceptors (Lipinski definition) is 5. The van der Waals surface area contributed by atoms with Crippen molar-refractivity contribution in [3.05, 3.63) is 64.7 Å². The second-order valence-corrected chi connectivity index (χ2v) is 5.62. The van der Waals surface area contributed by atoms with Gasteiger partial charge in [-0.15, -0.1) is 0 Å². The van der Waals surface area contributed by atoms with Crippen LogP contribution in [0.15, 0.2) is 59.2 Å². The normalized spacial score (nSPS) is 10.8. The molecule has 0 atom stereocenters. The van der Waals surface area contributed by atoms with Crippen molar-refractivity contribution in [2.24, 2.45) is 7.05 Å². The van der Waals surface area contributed by atoms with Crippen molar-refractivity contribution in [3.8, 4) is 0 Å². The van der Waals surface area contributed by atoms with Crippen LogP contribution in [0.3, 0.4) is 0 Å². The fourth-order valence-corrected chi connectivity index (χ4v) is 2.98. The lowest BCUT2D eigenvalue weighted by atomic mass is 10.2. The van der Waals surface area contributed by atoms with Crippen LogP contribution in [0.25, 0.3) is 0 Å². The van der Waals surface area contributed by atoms with E-state index in [4.69, 9.17) is 0 Å². The second-order valence-electron chi connectivity index (χ2n) is 4.67. The Balaban J connectivity index is 1.87. The van der Waals surface area contributed by atoms with Crippen LogP contribution in [0.2, 0.25) is 0 Å². The topological polar surface area (TPSA) is 78.8 Å². The Morgan fingerprint density at radius 1 is 1.27 bits per heavy atom. The molecule has 0 aliphatic heterocycles.